The van der Waals surface area contributed by atoms with Crippen LogP contribution in [0.4, 0.5) is 0 Å². The second-order valence-electron chi connectivity index (χ2n) is 12.3. The van der Waals surface area contributed by atoms with E-state index < -0.39 is 23.4 Å². The number of allylic oxidation sites excluding steroid dienone is 4. The Hall–Kier alpha value is -1.36. The standard InChI is InChI=1S/C30H46O4/c1-7-30(33,8-2)15-9-17-34-27(3,4)25-13-12-23-22-11-10-20-18-21(31)19-26(32)29(20,6)24(22)14-16-28(23,25)5/h9-11,13,17,21,23-24,26,31-33H,7-8,12,14-16,18-19H2,1-6H3/t21?,23-,24-,26?,28-,29-/m0/s1. The molecule has 0 saturated heterocycles. The molecule has 0 aromatic rings. The molecule has 0 aliphatic heterocycles. The molecule has 0 heterocycles. The van der Waals surface area contributed by atoms with E-state index in [4.69, 9.17) is 4.74 Å². The molecule has 4 rings (SSSR count). The van der Waals surface area contributed by atoms with Crippen LogP contribution in [0.2, 0.25) is 0 Å². The van der Waals surface area contributed by atoms with Gasteiger partial charge in [0.2, 0.25) is 0 Å². The minimum absolute atomic E-state index is 0.0358. The van der Waals surface area contributed by atoms with Crippen molar-refractivity contribution in [2.45, 2.75) is 116 Å². The molecule has 2 saturated carbocycles. The fraction of sp³-hybridized carbons (Fsp3) is 0.733. The lowest BCUT2D eigenvalue weighted by atomic mass is 9.49. The van der Waals surface area contributed by atoms with Crippen molar-refractivity contribution in [1.82, 2.24) is 0 Å². The Balaban J connectivity index is 1.53. The summed E-state index contributed by atoms with van der Waals surface area (Å²) in [5.74, 6) is 0.762. The van der Waals surface area contributed by atoms with Gasteiger partial charge in [-0.15, -0.1) is 0 Å². The van der Waals surface area contributed by atoms with Gasteiger partial charge in [-0.3, -0.25) is 0 Å². The van der Waals surface area contributed by atoms with Gasteiger partial charge in [0.05, 0.1) is 24.1 Å². The van der Waals surface area contributed by atoms with E-state index in [1.807, 2.05) is 19.9 Å². The summed E-state index contributed by atoms with van der Waals surface area (Å²) in [5, 5.41) is 31.9. The molecule has 4 nitrogen and oxygen atoms in total. The Morgan fingerprint density at radius 1 is 1.12 bits per heavy atom. The summed E-state index contributed by atoms with van der Waals surface area (Å²) in [6.07, 6.45) is 16.1. The third-order valence-electron chi connectivity index (χ3n) is 10.2. The summed E-state index contributed by atoms with van der Waals surface area (Å²) in [6.45, 7) is 13.0. The van der Waals surface area contributed by atoms with Crippen LogP contribution in [0.15, 0.2) is 47.3 Å². The number of hydrogen-bond acceptors (Lipinski definition) is 4. The van der Waals surface area contributed by atoms with E-state index in [1.54, 1.807) is 6.26 Å². The van der Waals surface area contributed by atoms with Crippen LogP contribution in [0.3, 0.4) is 0 Å². The van der Waals surface area contributed by atoms with E-state index in [-0.39, 0.29) is 10.8 Å². The average molecular weight is 471 g/mol. The lowest BCUT2D eigenvalue weighted by molar-refractivity contribution is -0.0508. The van der Waals surface area contributed by atoms with Gasteiger partial charge < -0.3 is 20.1 Å². The van der Waals surface area contributed by atoms with Crippen molar-refractivity contribution in [2.75, 3.05) is 0 Å². The summed E-state index contributed by atoms with van der Waals surface area (Å²) in [4.78, 5) is 0. The van der Waals surface area contributed by atoms with Crippen molar-refractivity contribution in [3.63, 3.8) is 0 Å². The van der Waals surface area contributed by atoms with Crippen LogP contribution >= 0.6 is 0 Å². The maximum absolute atomic E-state index is 11.1. The molecule has 3 N–H and O–H groups in total. The molecule has 0 amide bonds. The number of ether oxygens (including phenoxy) is 1. The Bertz CT molecular complexity index is 905. The van der Waals surface area contributed by atoms with Gasteiger partial charge in [0.15, 0.2) is 0 Å². The first-order valence-corrected chi connectivity index (χ1v) is 13.4. The number of fused-ring (bicyclic) bond motifs is 5. The van der Waals surface area contributed by atoms with E-state index in [1.165, 1.54) is 16.7 Å². The first kappa shape index (κ1) is 25.7. The normalized spacial score (nSPS) is 38.0. The molecule has 0 aromatic heterocycles. The molecule has 0 bridgehead atoms. The number of hydrogen-bond donors (Lipinski definition) is 3. The molecule has 34 heavy (non-hydrogen) atoms. The fourth-order valence-corrected chi connectivity index (χ4v) is 7.66. The number of aliphatic hydroxyl groups is 3. The van der Waals surface area contributed by atoms with E-state index in [0.717, 1.165) is 32.1 Å². The molecular weight excluding hydrogens is 424 g/mol. The van der Waals surface area contributed by atoms with Gasteiger partial charge in [0.1, 0.15) is 5.60 Å². The summed E-state index contributed by atoms with van der Waals surface area (Å²) in [5.41, 5.74) is 2.76. The van der Waals surface area contributed by atoms with Crippen molar-refractivity contribution in [2.24, 2.45) is 22.7 Å². The summed E-state index contributed by atoms with van der Waals surface area (Å²) < 4.78 is 6.32. The van der Waals surface area contributed by atoms with Crippen molar-refractivity contribution in [3.05, 3.63) is 47.3 Å². The third-order valence-corrected chi connectivity index (χ3v) is 10.2. The minimum atomic E-state index is -0.651. The van der Waals surface area contributed by atoms with Crippen molar-refractivity contribution in [1.29, 1.82) is 0 Å². The van der Waals surface area contributed by atoms with Crippen LogP contribution in [-0.2, 0) is 4.74 Å². The number of aliphatic hydroxyl groups excluding tert-OH is 2. The smallest absolute Gasteiger partial charge is 0.124 e. The van der Waals surface area contributed by atoms with Crippen molar-refractivity contribution >= 4 is 0 Å². The third kappa shape index (κ3) is 4.04. The summed E-state index contributed by atoms with van der Waals surface area (Å²) in [7, 11) is 0. The van der Waals surface area contributed by atoms with Crippen LogP contribution in [-0.4, -0.2) is 38.7 Å². The molecule has 190 valence electrons. The monoisotopic (exact) mass is 470 g/mol. The molecule has 4 heteroatoms. The highest BCUT2D eigenvalue weighted by Gasteiger charge is 2.58. The molecule has 2 fully saturated rings. The van der Waals surface area contributed by atoms with Crippen molar-refractivity contribution in [3.8, 4) is 0 Å². The molecule has 6 atom stereocenters. The summed E-state index contributed by atoms with van der Waals surface area (Å²) in [6, 6.07) is 0. The highest BCUT2D eigenvalue weighted by Crippen LogP contribution is 2.64. The van der Waals surface area contributed by atoms with Gasteiger partial charge in [0, 0.05) is 11.8 Å². The second kappa shape index (κ2) is 8.94. The van der Waals surface area contributed by atoms with E-state index in [9.17, 15) is 15.3 Å². The van der Waals surface area contributed by atoms with Crippen molar-refractivity contribution < 1.29 is 20.1 Å². The SMILES string of the molecule is CCC(O)(CC)CC=COC(C)(C)C1=CC[C@H]2C3=CC=C4CC(O)CC(O)[C@]4(C)[C@H]3CC[C@]12C. The quantitative estimate of drug-likeness (QED) is 0.316. The summed E-state index contributed by atoms with van der Waals surface area (Å²) >= 11 is 0. The van der Waals surface area contributed by atoms with Crippen LogP contribution in [0.5, 0.6) is 0 Å². The largest absolute Gasteiger partial charge is 0.491 e. The first-order valence-electron chi connectivity index (χ1n) is 13.4. The van der Waals surface area contributed by atoms with Gasteiger partial charge in [-0.25, -0.2) is 0 Å². The molecule has 2 unspecified atom stereocenters. The molecule has 0 radical (unpaired) electrons. The van der Waals surface area contributed by atoms with Gasteiger partial charge >= 0.3 is 0 Å². The molecule has 0 spiro atoms. The Kier molecular flexibility index (Phi) is 6.76. The maximum Gasteiger partial charge on any atom is 0.124 e. The maximum atomic E-state index is 11.1. The molecule has 4 aliphatic rings. The second-order valence-corrected chi connectivity index (χ2v) is 12.3. The van der Waals surface area contributed by atoms with Gasteiger partial charge in [-0.2, -0.15) is 0 Å². The highest BCUT2D eigenvalue weighted by atomic mass is 16.5. The van der Waals surface area contributed by atoms with Gasteiger partial charge in [-0.05, 0) is 87.7 Å². The van der Waals surface area contributed by atoms with Gasteiger partial charge in [0.25, 0.3) is 0 Å². The van der Waals surface area contributed by atoms with E-state index >= 15 is 0 Å². The average Bonchev–Trinajstić information content (AvgIpc) is 3.16. The first-order chi connectivity index (χ1) is 15.9. The van der Waals surface area contributed by atoms with Gasteiger partial charge in [-0.1, -0.05) is 57.1 Å². The van der Waals surface area contributed by atoms with Crippen LogP contribution in [0.25, 0.3) is 0 Å². The zero-order valence-electron chi connectivity index (χ0n) is 22.1. The highest BCUT2D eigenvalue weighted by molar-refractivity contribution is 5.44. The minimum Gasteiger partial charge on any atom is -0.491 e. The number of rotatable bonds is 7. The topological polar surface area (TPSA) is 69.9 Å². The predicted molar refractivity (Wildman–Crippen MR) is 137 cm³/mol. The lowest BCUT2D eigenvalue weighted by Crippen LogP contribution is -2.52. The van der Waals surface area contributed by atoms with Crippen LogP contribution in [0.1, 0.15) is 92.9 Å². The fourth-order valence-electron chi connectivity index (χ4n) is 7.66. The van der Waals surface area contributed by atoms with Crippen LogP contribution < -0.4 is 0 Å². The van der Waals surface area contributed by atoms with Crippen LogP contribution in [0, 0.1) is 22.7 Å². The molecule has 0 aromatic carbocycles. The van der Waals surface area contributed by atoms with E-state index in [0.29, 0.717) is 31.1 Å². The molecule has 4 aliphatic carbocycles. The lowest BCUT2D eigenvalue weighted by Gasteiger charge is -2.56. The zero-order valence-corrected chi connectivity index (χ0v) is 22.1. The Morgan fingerprint density at radius 2 is 1.82 bits per heavy atom. The van der Waals surface area contributed by atoms with E-state index in [2.05, 4.69) is 45.9 Å². The molecular formula is C30H46O4. The Labute approximate surface area is 206 Å². The predicted octanol–water partition coefficient (Wildman–Crippen LogP) is 5.99. The Morgan fingerprint density at radius 3 is 2.50 bits per heavy atom. The zero-order chi connectivity index (χ0) is 24.9.